The summed E-state index contributed by atoms with van der Waals surface area (Å²) in [5.74, 6) is 1.58. The van der Waals surface area contributed by atoms with Crippen LogP contribution in [0.2, 0.25) is 0 Å². The fourth-order valence-electron chi connectivity index (χ4n) is 9.30. The lowest BCUT2D eigenvalue weighted by Crippen LogP contribution is -2.52. The number of piperidine rings is 1. The lowest BCUT2D eigenvalue weighted by molar-refractivity contribution is -0.137. The summed E-state index contributed by atoms with van der Waals surface area (Å²) in [6.45, 7) is 11.6. The molecule has 3 heterocycles. The molecular formula is C46H54F3N7O4. The minimum Gasteiger partial charge on any atom is -0.453 e. The molecule has 0 radical (unpaired) electrons. The molecule has 3 fully saturated rings. The number of hydrogen-bond donors (Lipinski definition) is 3. The van der Waals surface area contributed by atoms with E-state index in [0.29, 0.717) is 36.3 Å². The van der Waals surface area contributed by atoms with Crippen molar-refractivity contribution < 1.29 is 32.3 Å². The van der Waals surface area contributed by atoms with Crippen LogP contribution in [-0.4, -0.2) is 79.1 Å². The first-order valence-electron chi connectivity index (χ1n) is 21.2. The number of aromatic nitrogens is 4. The number of aryl methyl sites for hydroxylation is 2. The second kappa shape index (κ2) is 16.2. The maximum absolute atomic E-state index is 13.9. The monoisotopic (exact) mass is 825 g/mol. The van der Waals surface area contributed by atoms with E-state index in [9.17, 15) is 27.6 Å². The van der Waals surface area contributed by atoms with Crippen LogP contribution < -0.4 is 5.32 Å². The summed E-state index contributed by atoms with van der Waals surface area (Å²) < 4.78 is 46.6. The van der Waals surface area contributed by atoms with Gasteiger partial charge >= 0.3 is 12.3 Å². The Labute approximate surface area is 348 Å². The summed E-state index contributed by atoms with van der Waals surface area (Å²) in [5.41, 5.74) is 6.73. The zero-order valence-electron chi connectivity index (χ0n) is 34.9. The number of amides is 3. The van der Waals surface area contributed by atoms with Gasteiger partial charge in [-0.25, -0.2) is 14.8 Å². The van der Waals surface area contributed by atoms with Gasteiger partial charge in [-0.3, -0.25) is 9.59 Å². The molecule has 0 bridgehead atoms. The van der Waals surface area contributed by atoms with Gasteiger partial charge in [0.2, 0.25) is 11.8 Å². The second-order valence-corrected chi connectivity index (χ2v) is 17.8. The van der Waals surface area contributed by atoms with E-state index in [1.807, 2.05) is 18.2 Å². The zero-order chi connectivity index (χ0) is 42.6. The quantitative estimate of drug-likeness (QED) is 0.116. The van der Waals surface area contributed by atoms with Gasteiger partial charge in [-0.1, -0.05) is 76.2 Å². The molecule has 4 aromatic rings. The number of imidazole rings is 2. The Kier molecular flexibility index (Phi) is 11.2. The van der Waals surface area contributed by atoms with Crippen LogP contribution in [0.5, 0.6) is 0 Å². The van der Waals surface area contributed by atoms with Crippen LogP contribution in [-0.2, 0) is 40.1 Å². The van der Waals surface area contributed by atoms with Crippen molar-refractivity contribution in [2.75, 3.05) is 7.11 Å². The van der Waals surface area contributed by atoms with E-state index in [0.717, 1.165) is 66.0 Å². The summed E-state index contributed by atoms with van der Waals surface area (Å²) in [6, 6.07) is 12.8. The number of nitrogens with one attached hydrogen (secondary N) is 3. The molecule has 2 aromatic heterocycles. The molecule has 3 aliphatic carbocycles. The van der Waals surface area contributed by atoms with Crippen molar-refractivity contribution in [1.29, 1.82) is 0 Å². The molecule has 318 valence electrons. The molecule has 1 saturated heterocycles. The molecule has 2 aromatic carbocycles. The molecule has 6 atom stereocenters. The number of carbonyl (C=O) groups excluding carboxylic acids is 3. The Morgan fingerprint density at radius 3 is 2.38 bits per heavy atom. The van der Waals surface area contributed by atoms with Gasteiger partial charge in [0, 0.05) is 35.3 Å². The van der Waals surface area contributed by atoms with Crippen molar-refractivity contribution >= 4 is 17.9 Å². The van der Waals surface area contributed by atoms with Crippen LogP contribution in [0.25, 0.3) is 33.6 Å². The van der Waals surface area contributed by atoms with E-state index < -0.39 is 24.7 Å². The summed E-state index contributed by atoms with van der Waals surface area (Å²) in [5, 5.41) is 2.61. The minimum atomic E-state index is -4.51. The van der Waals surface area contributed by atoms with Gasteiger partial charge in [-0.15, -0.1) is 6.58 Å². The molecule has 2 saturated carbocycles. The number of rotatable bonds is 13. The Morgan fingerprint density at radius 1 is 0.983 bits per heavy atom. The van der Waals surface area contributed by atoms with Gasteiger partial charge in [0.25, 0.3) is 0 Å². The molecule has 3 amide bonds. The number of methoxy groups -OCH3 is 1. The van der Waals surface area contributed by atoms with E-state index in [1.54, 1.807) is 37.0 Å². The number of likely N-dealkylation sites (tertiary alicyclic amines) is 1. The molecular weight excluding hydrogens is 772 g/mol. The number of H-pyrrole nitrogens is 2. The molecule has 3 N–H and O–H groups in total. The van der Waals surface area contributed by atoms with Gasteiger partial charge in [-0.2, -0.15) is 13.2 Å². The van der Waals surface area contributed by atoms with Crippen molar-refractivity contribution in [2.45, 2.75) is 116 Å². The standard InChI is InChI=1S/C46H54F3N7O4/c1-7-26-20-36(26)55(44(58)40(25(4)5)54-45(59)60-6)23-38-50-34(22-46(47,48)49)41(52-38)28-10-8-27(9-11-28)29-12-15-32-30(19-29)13-16-33-42(32)53-43(51-33)35-17-14-31-21-37(31)56(35)39(57)18-24(2)3/h7-12,15,19,24-26,31,35-37,40H,1,13-14,16-18,20-23H2,2-6H3,(H,50,52)(H,51,53)(H,54,59)/t26?,31-,35-,36?,37?,40-/m0/s1. The second-order valence-electron chi connectivity index (χ2n) is 17.8. The number of fused-ring (bicyclic) bond motifs is 4. The van der Waals surface area contributed by atoms with Crippen molar-refractivity contribution in [2.24, 2.45) is 23.7 Å². The molecule has 4 aliphatic rings. The minimum absolute atomic E-state index is 0.0168. The Bertz CT molecular complexity index is 2280. The highest BCUT2D eigenvalue weighted by Crippen LogP contribution is 2.50. The third-order valence-corrected chi connectivity index (χ3v) is 12.6. The van der Waals surface area contributed by atoms with E-state index >= 15 is 0 Å². The van der Waals surface area contributed by atoms with Crippen molar-refractivity contribution in [3.05, 3.63) is 83.7 Å². The highest BCUT2D eigenvalue weighted by molar-refractivity contribution is 5.86. The molecule has 8 rings (SSSR count). The summed E-state index contributed by atoms with van der Waals surface area (Å²) in [6.07, 6.45) is 1.20. The van der Waals surface area contributed by atoms with Crippen molar-refractivity contribution in [3.8, 4) is 33.6 Å². The van der Waals surface area contributed by atoms with Gasteiger partial charge in [-0.05, 0) is 78.9 Å². The lowest BCUT2D eigenvalue weighted by Gasteiger charge is -2.35. The SMILES string of the molecule is C=CC1CC1N(Cc1nc(-c2ccc(-c3ccc4c(c3)CCc3[nH]c([C@@H]5CC[C@H]6CC6N5C(=O)CC(C)C)nc3-4)cc2)c(CC(F)(F)F)[nH]1)C(=O)[C@@H](NC(=O)OC)C(C)C. The smallest absolute Gasteiger partial charge is 0.407 e. The van der Waals surface area contributed by atoms with E-state index in [-0.39, 0.29) is 59.5 Å². The number of halogens is 3. The lowest BCUT2D eigenvalue weighted by atomic mass is 9.89. The number of alkyl carbamates (subject to hydrolysis) is 1. The largest absolute Gasteiger partial charge is 0.453 e. The first kappa shape index (κ1) is 41.3. The average Bonchev–Trinajstić information content (AvgIpc) is 4.09. The number of ether oxygens (including phenoxy) is 1. The van der Waals surface area contributed by atoms with Gasteiger partial charge in [0.15, 0.2) is 0 Å². The predicted octanol–water partition coefficient (Wildman–Crippen LogP) is 8.72. The van der Waals surface area contributed by atoms with Crippen LogP contribution in [0.1, 0.15) is 94.4 Å². The molecule has 14 heteroatoms. The molecule has 11 nitrogen and oxygen atoms in total. The molecule has 60 heavy (non-hydrogen) atoms. The van der Waals surface area contributed by atoms with Crippen molar-refractivity contribution in [1.82, 2.24) is 35.1 Å². The topological polar surface area (TPSA) is 136 Å². The van der Waals surface area contributed by atoms with Crippen LogP contribution in [0.15, 0.2) is 55.1 Å². The number of nitrogens with zero attached hydrogens (tertiary/aromatic N) is 4. The first-order valence-corrected chi connectivity index (χ1v) is 21.2. The highest BCUT2D eigenvalue weighted by atomic mass is 19.4. The number of alkyl halides is 3. The first-order chi connectivity index (χ1) is 28.6. The number of benzene rings is 2. The Balaban J connectivity index is 1.03. The third kappa shape index (κ3) is 8.47. The normalized spacial score (nSPS) is 22.1. The van der Waals surface area contributed by atoms with Gasteiger partial charge < -0.3 is 29.8 Å². The molecule has 3 unspecified atom stereocenters. The molecule has 1 aliphatic heterocycles. The van der Waals surface area contributed by atoms with Crippen LogP contribution in [0.4, 0.5) is 18.0 Å². The fourth-order valence-corrected chi connectivity index (χ4v) is 9.30. The fraction of sp³-hybridized carbons (Fsp3) is 0.500. The number of carbonyl (C=O) groups is 3. The van der Waals surface area contributed by atoms with Gasteiger partial charge in [0.05, 0.1) is 43.2 Å². The van der Waals surface area contributed by atoms with Crippen LogP contribution in [0, 0.1) is 23.7 Å². The van der Waals surface area contributed by atoms with Crippen LogP contribution in [0.3, 0.4) is 0 Å². The molecule has 0 spiro atoms. The maximum atomic E-state index is 13.9. The predicted molar refractivity (Wildman–Crippen MR) is 221 cm³/mol. The Hall–Kier alpha value is -5.40. The van der Waals surface area contributed by atoms with E-state index in [4.69, 9.17) is 9.72 Å². The Morgan fingerprint density at radius 2 is 1.72 bits per heavy atom. The number of hydrogen-bond acceptors (Lipinski definition) is 6. The number of aromatic amines is 2. The van der Waals surface area contributed by atoms with E-state index in [2.05, 4.69) is 57.7 Å². The third-order valence-electron chi connectivity index (χ3n) is 12.6. The average molecular weight is 826 g/mol. The van der Waals surface area contributed by atoms with E-state index in [1.165, 1.54) is 12.7 Å². The van der Waals surface area contributed by atoms with Crippen molar-refractivity contribution in [3.63, 3.8) is 0 Å². The van der Waals surface area contributed by atoms with Gasteiger partial charge in [0.1, 0.15) is 17.7 Å². The zero-order valence-corrected chi connectivity index (χ0v) is 34.9. The highest BCUT2D eigenvalue weighted by Gasteiger charge is 2.51. The maximum Gasteiger partial charge on any atom is 0.407 e. The summed E-state index contributed by atoms with van der Waals surface area (Å²) in [7, 11) is 1.21. The van der Waals surface area contributed by atoms with Crippen LogP contribution >= 0.6 is 0 Å². The summed E-state index contributed by atoms with van der Waals surface area (Å²) in [4.78, 5) is 59.5. The summed E-state index contributed by atoms with van der Waals surface area (Å²) >= 11 is 0.